The topological polar surface area (TPSA) is 65.3 Å². The highest BCUT2D eigenvalue weighted by Gasteiger charge is 2.02. The molecular weight excluding hydrogens is 278 g/mol. The summed E-state index contributed by atoms with van der Waals surface area (Å²) in [7, 11) is 0. The van der Waals surface area contributed by atoms with E-state index in [1.165, 1.54) is 12.1 Å². The molecule has 0 amide bonds. The fraction of sp³-hybridized carbons (Fsp3) is 0.235. The van der Waals surface area contributed by atoms with Crippen molar-refractivity contribution in [2.75, 3.05) is 18.0 Å². The van der Waals surface area contributed by atoms with Gasteiger partial charge in [0.25, 0.3) is 0 Å². The highest BCUT2D eigenvalue weighted by atomic mass is 16.4. The van der Waals surface area contributed by atoms with E-state index in [1.807, 2.05) is 24.3 Å². The number of azo groups is 1. The summed E-state index contributed by atoms with van der Waals surface area (Å²) in [5.74, 6) is -0.949. The summed E-state index contributed by atoms with van der Waals surface area (Å²) in [4.78, 5) is 13.0. The van der Waals surface area contributed by atoms with Gasteiger partial charge in [0, 0.05) is 18.8 Å². The first-order valence-corrected chi connectivity index (χ1v) is 7.24. The quantitative estimate of drug-likeness (QED) is 0.789. The number of hydrogen-bond acceptors (Lipinski definition) is 4. The highest BCUT2D eigenvalue weighted by molar-refractivity contribution is 5.87. The normalized spacial score (nSPS) is 10.8. The average Bonchev–Trinajstić information content (AvgIpc) is 2.55. The molecule has 0 aliphatic heterocycles. The van der Waals surface area contributed by atoms with Crippen LogP contribution >= 0.6 is 0 Å². The van der Waals surface area contributed by atoms with E-state index < -0.39 is 5.97 Å². The molecule has 2 aromatic carbocycles. The van der Waals surface area contributed by atoms with E-state index in [2.05, 4.69) is 29.0 Å². The molecule has 0 radical (unpaired) electrons. The molecule has 0 atom stereocenters. The number of rotatable bonds is 6. The molecule has 0 heterocycles. The Bertz CT molecular complexity index is 645. The van der Waals surface area contributed by atoms with E-state index in [4.69, 9.17) is 5.11 Å². The molecule has 22 heavy (non-hydrogen) atoms. The first kappa shape index (κ1) is 15.7. The number of carboxylic acids is 1. The van der Waals surface area contributed by atoms with Gasteiger partial charge in [-0.3, -0.25) is 0 Å². The van der Waals surface area contributed by atoms with Crippen molar-refractivity contribution in [2.45, 2.75) is 13.8 Å². The van der Waals surface area contributed by atoms with Gasteiger partial charge in [0.1, 0.15) is 0 Å². The van der Waals surface area contributed by atoms with Crippen molar-refractivity contribution in [1.29, 1.82) is 0 Å². The minimum Gasteiger partial charge on any atom is -0.478 e. The van der Waals surface area contributed by atoms with Crippen LogP contribution in [0.4, 0.5) is 17.1 Å². The maximum Gasteiger partial charge on any atom is 0.335 e. The predicted octanol–water partition coefficient (Wildman–Crippen LogP) is 4.65. The van der Waals surface area contributed by atoms with Crippen LogP contribution in [-0.2, 0) is 0 Å². The minimum absolute atomic E-state index is 0.238. The molecule has 0 aliphatic rings. The summed E-state index contributed by atoms with van der Waals surface area (Å²) in [5.41, 5.74) is 2.79. The summed E-state index contributed by atoms with van der Waals surface area (Å²) in [6.45, 7) is 6.18. The molecule has 0 spiro atoms. The third-order valence-electron chi connectivity index (χ3n) is 3.37. The molecule has 5 heteroatoms. The van der Waals surface area contributed by atoms with Crippen LogP contribution in [-0.4, -0.2) is 24.2 Å². The minimum atomic E-state index is -0.949. The van der Waals surface area contributed by atoms with Crippen LogP contribution in [0.1, 0.15) is 24.2 Å². The lowest BCUT2D eigenvalue weighted by atomic mass is 10.2. The number of aromatic carboxylic acids is 1. The summed E-state index contributed by atoms with van der Waals surface area (Å²) >= 11 is 0. The van der Waals surface area contributed by atoms with Crippen molar-refractivity contribution in [3.8, 4) is 0 Å². The lowest BCUT2D eigenvalue weighted by Crippen LogP contribution is -2.21. The van der Waals surface area contributed by atoms with Gasteiger partial charge in [-0.05, 0) is 62.4 Å². The lowest BCUT2D eigenvalue weighted by Gasteiger charge is -2.20. The summed E-state index contributed by atoms with van der Waals surface area (Å²) in [5, 5.41) is 17.1. The SMILES string of the molecule is CCN(CC)c1ccc(N=Nc2ccc(C(=O)O)cc2)cc1. The molecule has 2 aromatic rings. The van der Waals surface area contributed by atoms with Crippen molar-refractivity contribution in [3.05, 3.63) is 54.1 Å². The largest absolute Gasteiger partial charge is 0.478 e. The molecular formula is C17H19N3O2. The Balaban J connectivity index is 2.08. The molecule has 0 saturated heterocycles. The van der Waals surface area contributed by atoms with Crippen LogP contribution in [0.2, 0.25) is 0 Å². The van der Waals surface area contributed by atoms with E-state index >= 15 is 0 Å². The van der Waals surface area contributed by atoms with Gasteiger partial charge in [-0.15, -0.1) is 0 Å². The Morgan fingerprint density at radius 2 is 1.36 bits per heavy atom. The van der Waals surface area contributed by atoms with Gasteiger partial charge in [0.15, 0.2) is 0 Å². The van der Waals surface area contributed by atoms with Gasteiger partial charge in [-0.25, -0.2) is 4.79 Å². The van der Waals surface area contributed by atoms with Crippen molar-refractivity contribution in [3.63, 3.8) is 0 Å². The van der Waals surface area contributed by atoms with E-state index in [9.17, 15) is 4.79 Å². The van der Waals surface area contributed by atoms with E-state index in [-0.39, 0.29) is 5.56 Å². The van der Waals surface area contributed by atoms with Crippen molar-refractivity contribution in [1.82, 2.24) is 0 Å². The molecule has 0 unspecified atom stereocenters. The second kappa shape index (κ2) is 7.36. The zero-order valence-electron chi connectivity index (χ0n) is 12.7. The third-order valence-corrected chi connectivity index (χ3v) is 3.37. The number of carboxylic acid groups (broad SMARTS) is 1. The predicted molar refractivity (Wildman–Crippen MR) is 87.6 cm³/mol. The van der Waals surface area contributed by atoms with Crippen molar-refractivity contribution >= 4 is 23.0 Å². The Kier molecular flexibility index (Phi) is 5.25. The smallest absolute Gasteiger partial charge is 0.335 e. The molecule has 5 nitrogen and oxygen atoms in total. The number of nitrogens with zero attached hydrogens (tertiary/aromatic N) is 3. The van der Waals surface area contributed by atoms with Gasteiger partial charge >= 0.3 is 5.97 Å². The summed E-state index contributed by atoms with van der Waals surface area (Å²) in [6.07, 6.45) is 0. The Hall–Kier alpha value is -2.69. The molecule has 1 N–H and O–H groups in total. The zero-order valence-corrected chi connectivity index (χ0v) is 12.7. The van der Waals surface area contributed by atoms with Crippen LogP contribution in [0, 0.1) is 0 Å². The van der Waals surface area contributed by atoms with E-state index in [0.29, 0.717) is 5.69 Å². The Morgan fingerprint density at radius 3 is 1.77 bits per heavy atom. The molecule has 114 valence electrons. The van der Waals surface area contributed by atoms with Crippen molar-refractivity contribution in [2.24, 2.45) is 10.2 Å². The maximum atomic E-state index is 10.8. The second-order valence-corrected chi connectivity index (χ2v) is 4.74. The molecule has 0 saturated carbocycles. The van der Waals surface area contributed by atoms with E-state index in [1.54, 1.807) is 12.1 Å². The number of hydrogen-bond donors (Lipinski definition) is 1. The highest BCUT2D eigenvalue weighted by Crippen LogP contribution is 2.22. The fourth-order valence-electron chi connectivity index (χ4n) is 2.11. The number of carbonyl (C=O) groups is 1. The molecule has 0 aromatic heterocycles. The first-order chi connectivity index (χ1) is 10.6. The third kappa shape index (κ3) is 3.91. The number of anilines is 1. The molecule has 0 fully saturated rings. The lowest BCUT2D eigenvalue weighted by molar-refractivity contribution is 0.0697. The van der Waals surface area contributed by atoms with Gasteiger partial charge in [0.2, 0.25) is 0 Å². The Morgan fingerprint density at radius 1 is 0.909 bits per heavy atom. The van der Waals surface area contributed by atoms with Crippen LogP contribution in [0.3, 0.4) is 0 Å². The van der Waals surface area contributed by atoms with Gasteiger partial charge in [-0.1, -0.05) is 0 Å². The van der Waals surface area contributed by atoms with Gasteiger partial charge in [-0.2, -0.15) is 10.2 Å². The molecule has 0 aliphatic carbocycles. The van der Waals surface area contributed by atoms with Gasteiger partial charge in [0.05, 0.1) is 16.9 Å². The summed E-state index contributed by atoms with van der Waals surface area (Å²) < 4.78 is 0. The maximum absolute atomic E-state index is 10.8. The van der Waals surface area contributed by atoms with Crippen molar-refractivity contribution < 1.29 is 9.90 Å². The Labute approximate surface area is 129 Å². The van der Waals surface area contributed by atoms with Crippen LogP contribution < -0.4 is 4.90 Å². The van der Waals surface area contributed by atoms with Gasteiger partial charge < -0.3 is 10.0 Å². The zero-order chi connectivity index (χ0) is 15.9. The first-order valence-electron chi connectivity index (χ1n) is 7.24. The fourth-order valence-corrected chi connectivity index (χ4v) is 2.11. The van der Waals surface area contributed by atoms with E-state index in [0.717, 1.165) is 24.5 Å². The summed E-state index contributed by atoms with van der Waals surface area (Å²) in [6, 6.07) is 14.2. The van der Waals surface area contributed by atoms with Crippen LogP contribution in [0.5, 0.6) is 0 Å². The van der Waals surface area contributed by atoms with Crippen LogP contribution in [0.15, 0.2) is 58.8 Å². The molecule has 0 bridgehead atoms. The van der Waals surface area contributed by atoms with Crippen LogP contribution in [0.25, 0.3) is 0 Å². The standard InChI is InChI=1S/C17H19N3O2/c1-3-20(4-2)16-11-9-15(10-12-16)19-18-14-7-5-13(6-8-14)17(21)22/h5-12H,3-4H2,1-2H3,(H,21,22). The average molecular weight is 297 g/mol. The monoisotopic (exact) mass is 297 g/mol. The molecule has 2 rings (SSSR count). The second-order valence-electron chi connectivity index (χ2n) is 4.74. The number of benzene rings is 2.